The number of hydrogen-bond acceptors (Lipinski definition) is 3. The van der Waals surface area contributed by atoms with Crippen molar-refractivity contribution in [2.45, 2.75) is 25.8 Å². The molecule has 3 rings (SSSR count). The number of H-pyrrole nitrogens is 1. The highest BCUT2D eigenvalue weighted by atomic mass is 16.1. The first-order valence-corrected chi connectivity index (χ1v) is 8.05. The van der Waals surface area contributed by atoms with Crippen LogP contribution < -0.4 is 11.1 Å². The second-order valence-corrected chi connectivity index (χ2v) is 6.44. The minimum absolute atomic E-state index is 0.345. The normalized spacial score (nSPS) is 11.8. The van der Waals surface area contributed by atoms with Crippen LogP contribution in [0.15, 0.2) is 48.5 Å². The maximum absolute atomic E-state index is 11.6. The standard InChI is InChI=1S/C19H22N4O/c1-19(2,21-12-11-13-7-4-3-5-8-13)18-22-15-10-6-9-14(17(20)24)16(15)23-18/h3-10,21H,11-12H2,1-2H3,(H2,20,24)(H,22,23). The third kappa shape index (κ3) is 3.31. The molecule has 0 bridgehead atoms. The summed E-state index contributed by atoms with van der Waals surface area (Å²) >= 11 is 0. The van der Waals surface area contributed by atoms with Gasteiger partial charge in [0.25, 0.3) is 5.91 Å². The fourth-order valence-electron chi connectivity index (χ4n) is 2.77. The van der Waals surface area contributed by atoms with Crippen molar-refractivity contribution >= 4 is 16.9 Å². The molecule has 0 spiro atoms. The molecule has 3 aromatic rings. The number of carbonyl (C=O) groups is 1. The predicted octanol–water partition coefficient (Wildman–Crippen LogP) is 2.73. The summed E-state index contributed by atoms with van der Waals surface area (Å²) < 4.78 is 0. The van der Waals surface area contributed by atoms with Crippen LogP contribution in [0.25, 0.3) is 11.0 Å². The van der Waals surface area contributed by atoms with Gasteiger partial charge in [-0.15, -0.1) is 0 Å². The van der Waals surface area contributed by atoms with Crippen LogP contribution >= 0.6 is 0 Å². The summed E-state index contributed by atoms with van der Waals surface area (Å²) in [5.41, 5.74) is 8.26. The van der Waals surface area contributed by atoms with Crippen LogP contribution in [0.2, 0.25) is 0 Å². The number of nitrogens with one attached hydrogen (secondary N) is 2. The highest BCUT2D eigenvalue weighted by molar-refractivity contribution is 6.04. The van der Waals surface area contributed by atoms with E-state index in [1.807, 2.05) is 24.3 Å². The summed E-state index contributed by atoms with van der Waals surface area (Å²) in [6.07, 6.45) is 0.942. The number of nitrogens with two attached hydrogens (primary N) is 1. The molecule has 5 nitrogen and oxygen atoms in total. The quantitative estimate of drug-likeness (QED) is 0.652. The molecule has 1 heterocycles. The van der Waals surface area contributed by atoms with Crippen LogP contribution in [0.3, 0.4) is 0 Å². The average Bonchev–Trinajstić information content (AvgIpc) is 3.00. The van der Waals surface area contributed by atoms with E-state index in [0.29, 0.717) is 11.1 Å². The van der Waals surface area contributed by atoms with Gasteiger partial charge in [0, 0.05) is 6.54 Å². The molecule has 2 aromatic carbocycles. The Morgan fingerprint density at radius 2 is 1.92 bits per heavy atom. The molecule has 5 heteroatoms. The van der Waals surface area contributed by atoms with Crippen LogP contribution in [0.4, 0.5) is 0 Å². The fourth-order valence-corrected chi connectivity index (χ4v) is 2.77. The van der Waals surface area contributed by atoms with Crippen molar-refractivity contribution < 1.29 is 4.79 Å². The first kappa shape index (κ1) is 16.2. The van der Waals surface area contributed by atoms with Crippen LogP contribution in [0.1, 0.15) is 35.6 Å². The summed E-state index contributed by atoms with van der Waals surface area (Å²) in [5.74, 6) is 0.327. The molecule has 24 heavy (non-hydrogen) atoms. The molecule has 0 aliphatic rings. The molecule has 0 atom stereocenters. The smallest absolute Gasteiger partial charge is 0.250 e. The molecule has 0 aliphatic carbocycles. The van der Waals surface area contributed by atoms with E-state index in [1.165, 1.54) is 5.56 Å². The van der Waals surface area contributed by atoms with Gasteiger partial charge in [-0.25, -0.2) is 4.98 Å². The average molecular weight is 322 g/mol. The van der Waals surface area contributed by atoms with Gasteiger partial charge in [0.05, 0.1) is 16.6 Å². The first-order valence-electron chi connectivity index (χ1n) is 8.05. The van der Waals surface area contributed by atoms with Gasteiger partial charge in [-0.3, -0.25) is 4.79 Å². The van der Waals surface area contributed by atoms with Crippen LogP contribution in [0.5, 0.6) is 0 Å². The Bertz CT molecular complexity index is 852. The Balaban J connectivity index is 1.78. The van der Waals surface area contributed by atoms with E-state index in [4.69, 9.17) is 5.73 Å². The lowest BCUT2D eigenvalue weighted by Crippen LogP contribution is -2.38. The molecule has 0 saturated heterocycles. The lowest BCUT2D eigenvalue weighted by atomic mass is 10.0. The summed E-state index contributed by atoms with van der Waals surface area (Å²) in [6, 6.07) is 15.8. The second kappa shape index (κ2) is 6.45. The molecule has 1 amide bonds. The molecule has 4 N–H and O–H groups in total. The summed E-state index contributed by atoms with van der Waals surface area (Å²) in [7, 11) is 0. The molecular formula is C19H22N4O. The minimum atomic E-state index is -0.464. The topological polar surface area (TPSA) is 83.8 Å². The molecule has 0 fully saturated rings. The first-order chi connectivity index (χ1) is 11.5. The van der Waals surface area contributed by atoms with Crippen LogP contribution in [-0.4, -0.2) is 22.4 Å². The number of amides is 1. The number of fused-ring (bicyclic) bond motifs is 1. The number of para-hydroxylation sites is 1. The Hall–Kier alpha value is -2.66. The van der Waals surface area contributed by atoms with Crippen molar-refractivity contribution in [3.05, 3.63) is 65.5 Å². The van der Waals surface area contributed by atoms with Gasteiger partial charge >= 0.3 is 0 Å². The molecule has 124 valence electrons. The second-order valence-electron chi connectivity index (χ2n) is 6.44. The third-order valence-corrected chi connectivity index (χ3v) is 4.19. The monoisotopic (exact) mass is 322 g/mol. The van der Waals surface area contributed by atoms with Crippen molar-refractivity contribution in [3.8, 4) is 0 Å². The molecule has 0 unspecified atom stereocenters. The van der Waals surface area contributed by atoms with E-state index in [1.54, 1.807) is 12.1 Å². The maximum Gasteiger partial charge on any atom is 0.250 e. The number of hydrogen-bond donors (Lipinski definition) is 3. The Morgan fingerprint density at radius 1 is 1.17 bits per heavy atom. The van der Waals surface area contributed by atoms with Crippen molar-refractivity contribution in [2.24, 2.45) is 5.73 Å². The van der Waals surface area contributed by atoms with Crippen molar-refractivity contribution in [3.63, 3.8) is 0 Å². The van der Waals surface area contributed by atoms with Crippen molar-refractivity contribution in [2.75, 3.05) is 6.54 Å². The molecule has 0 aliphatic heterocycles. The predicted molar refractivity (Wildman–Crippen MR) is 95.8 cm³/mol. The Labute approximate surface area is 141 Å². The zero-order valence-corrected chi connectivity index (χ0v) is 14.0. The lowest BCUT2D eigenvalue weighted by Gasteiger charge is -2.24. The fraction of sp³-hybridized carbons (Fsp3) is 0.263. The molecular weight excluding hydrogens is 300 g/mol. The SMILES string of the molecule is CC(C)(NCCc1ccccc1)c1nc2c(C(N)=O)cccc2[nH]1. The van der Waals surface area contributed by atoms with E-state index >= 15 is 0 Å². The van der Waals surface area contributed by atoms with Gasteiger partial charge in [0.1, 0.15) is 11.3 Å². The molecule has 1 aromatic heterocycles. The van der Waals surface area contributed by atoms with Crippen molar-refractivity contribution in [1.82, 2.24) is 15.3 Å². The van der Waals surface area contributed by atoms with Gasteiger partial charge < -0.3 is 16.0 Å². The summed E-state index contributed by atoms with van der Waals surface area (Å²) in [5, 5.41) is 3.52. The maximum atomic E-state index is 11.6. The molecule has 0 radical (unpaired) electrons. The van der Waals surface area contributed by atoms with Gasteiger partial charge in [0.2, 0.25) is 0 Å². The number of imidazole rings is 1. The zero-order chi connectivity index (χ0) is 17.2. The van der Waals surface area contributed by atoms with Gasteiger partial charge in [0.15, 0.2) is 0 Å². The van der Waals surface area contributed by atoms with E-state index in [9.17, 15) is 4.79 Å². The largest absolute Gasteiger partial charge is 0.366 e. The van der Waals surface area contributed by atoms with E-state index in [-0.39, 0.29) is 5.54 Å². The van der Waals surface area contributed by atoms with Gasteiger partial charge in [-0.1, -0.05) is 36.4 Å². The number of carbonyl (C=O) groups excluding carboxylic acids is 1. The van der Waals surface area contributed by atoms with Gasteiger partial charge in [-0.2, -0.15) is 0 Å². The molecule has 0 saturated carbocycles. The number of nitrogens with zero attached hydrogens (tertiary/aromatic N) is 1. The Morgan fingerprint density at radius 3 is 2.62 bits per heavy atom. The summed E-state index contributed by atoms with van der Waals surface area (Å²) in [6.45, 7) is 4.97. The van der Waals surface area contributed by atoms with Crippen LogP contribution in [-0.2, 0) is 12.0 Å². The Kier molecular flexibility index (Phi) is 4.36. The highest BCUT2D eigenvalue weighted by Crippen LogP contribution is 2.23. The summed E-state index contributed by atoms with van der Waals surface area (Å²) in [4.78, 5) is 19.5. The van der Waals surface area contributed by atoms with Gasteiger partial charge in [-0.05, 0) is 38.0 Å². The van der Waals surface area contributed by atoms with E-state index in [2.05, 4.69) is 41.3 Å². The van der Waals surface area contributed by atoms with E-state index in [0.717, 1.165) is 24.3 Å². The number of aromatic amines is 1. The van der Waals surface area contributed by atoms with E-state index < -0.39 is 5.91 Å². The number of aromatic nitrogens is 2. The highest BCUT2D eigenvalue weighted by Gasteiger charge is 2.24. The number of primary amides is 1. The number of rotatable bonds is 6. The zero-order valence-electron chi connectivity index (χ0n) is 14.0. The lowest BCUT2D eigenvalue weighted by molar-refractivity contribution is 0.100. The minimum Gasteiger partial charge on any atom is -0.366 e. The van der Waals surface area contributed by atoms with Crippen molar-refractivity contribution in [1.29, 1.82) is 0 Å². The van der Waals surface area contributed by atoms with Crippen LogP contribution in [0, 0.1) is 0 Å². The third-order valence-electron chi connectivity index (χ3n) is 4.19. The number of benzene rings is 2.